The summed E-state index contributed by atoms with van der Waals surface area (Å²) in [5.41, 5.74) is 2.55. The Labute approximate surface area is 94.3 Å². The summed E-state index contributed by atoms with van der Waals surface area (Å²) < 4.78 is 1.17. The Morgan fingerprint density at radius 2 is 2.14 bits per heavy atom. The fraction of sp³-hybridized carbons (Fsp3) is 0.500. The van der Waals surface area contributed by atoms with E-state index in [9.17, 15) is 0 Å². The van der Waals surface area contributed by atoms with Crippen molar-refractivity contribution in [2.45, 2.75) is 32.6 Å². The zero-order valence-electron chi connectivity index (χ0n) is 8.76. The maximum absolute atomic E-state index is 9.11. The molecule has 0 bridgehead atoms. The summed E-state index contributed by atoms with van der Waals surface area (Å²) in [5.74, 6) is 0.209. The number of rotatable bonds is 4. The van der Waals surface area contributed by atoms with Gasteiger partial charge in [-0.2, -0.15) is 0 Å². The quantitative estimate of drug-likeness (QED) is 0.875. The largest absolute Gasteiger partial charge is 0.396 e. The van der Waals surface area contributed by atoms with Gasteiger partial charge < -0.3 is 5.11 Å². The van der Waals surface area contributed by atoms with Gasteiger partial charge in [0.25, 0.3) is 0 Å². The van der Waals surface area contributed by atoms with E-state index in [0.717, 1.165) is 12.8 Å². The second-order valence-electron chi connectivity index (χ2n) is 3.65. The molecule has 2 heteroatoms. The first kappa shape index (κ1) is 11.7. The van der Waals surface area contributed by atoms with Gasteiger partial charge in [-0.25, -0.2) is 0 Å². The van der Waals surface area contributed by atoms with Crippen molar-refractivity contribution in [3.8, 4) is 0 Å². The number of benzene rings is 1. The molecule has 1 atom stereocenters. The zero-order valence-corrected chi connectivity index (χ0v) is 10.3. The Morgan fingerprint density at radius 3 is 2.71 bits per heavy atom. The Bertz CT molecular complexity index is 296. The monoisotopic (exact) mass is 256 g/mol. The molecule has 1 aromatic carbocycles. The van der Waals surface area contributed by atoms with Gasteiger partial charge >= 0.3 is 0 Å². The van der Waals surface area contributed by atoms with Crippen molar-refractivity contribution in [3.05, 3.63) is 33.8 Å². The summed E-state index contributed by atoms with van der Waals surface area (Å²) in [5, 5.41) is 9.11. The first-order valence-electron chi connectivity index (χ1n) is 5.08. The minimum atomic E-state index is 0.203. The second-order valence-corrected chi connectivity index (χ2v) is 4.45. The Kier molecular flexibility index (Phi) is 4.63. The van der Waals surface area contributed by atoms with Crippen molar-refractivity contribution < 1.29 is 5.11 Å². The summed E-state index contributed by atoms with van der Waals surface area (Å²) in [6.07, 6.45) is 2.24. The van der Waals surface area contributed by atoms with E-state index < -0.39 is 0 Å². The van der Waals surface area contributed by atoms with Gasteiger partial charge in [-0.15, -0.1) is 0 Å². The normalized spacial score (nSPS) is 12.9. The van der Waals surface area contributed by atoms with E-state index in [4.69, 9.17) is 5.11 Å². The van der Waals surface area contributed by atoms with Crippen LogP contribution in [0.4, 0.5) is 0 Å². The minimum Gasteiger partial charge on any atom is -0.396 e. The van der Waals surface area contributed by atoms with Crippen molar-refractivity contribution in [2.24, 2.45) is 0 Å². The van der Waals surface area contributed by atoms with Crippen molar-refractivity contribution in [3.63, 3.8) is 0 Å². The molecule has 0 aliphatic carbocycles. The summed E-state index contributed by atoms with van der Waals surface area (Å²) in [6.45, 7) is 4.42. The Hall–Kier alpha value is -0.340. The van der Waals surface area contributed by atoms with Crippen LogP contribution in [-0.4, -0.2) is 11.7 Å². The highest BCUT2D eigenvalue weighted by Gasteiger charge is 2.10. The van der Waals surface area contributed by atoms with Crippen LogP contribution < -0.4 is 0 Å². The molecule has 0 aliphatic heterocycles. The minimum absolute atomic E-state index is 0.203. The van der Waals surface area contributed by atoms with Crippen molar-refractivity contribution in [1.82, 2.24) is 0 Å². The molecular formula is C12H17BrO. The maximum Gasteiger partial charge on any atom is 0.0497 e. The molecule has 0 aromatic heterocycles. The van der Waals surface area contributed by atoms with Gasteiger partial charge in [0.2, 0.25) is 0 Å². The van der Waals surface area contributed by atoms with E-state index in [2.05, 4.69) is 41.1 Å². The Morgan fingerprint density at radius 1 is 1.43 bits per heavy atom. The van der Waals surface area contributed by atoms with Crippen LogP contribution in [0.5, 0.6) is 0 Å². The van der Waals surface area contributed by atoms with E-state index in [1.165, 1.54) is 15.6 Å². The predicted octanol–water partition coefficient (Wildman–Crippen LogP) is 3.50. The van der Waals surface area contributed by atoms with Gasteiger partial charge in [-0.05, 0) is 17.5 Å². The molecule has 1 N–H and O–H groups in total. The molecule has 1 unspecified atom stereocenters. The average molecular weight is 257 g/mol. The van der Waals surface area contributed by atoms with E-state index in [0.29, 0.717) is 0 Å². The molecule has 0 spiro atoms. The smallest absolute Gasteiger partial charge is 0.0497 e. The molecule has 1 aromatic rings. The third kappa shape index (κ3) is 2.58. The third-order valence-electron chi connectivity index (χ3n) is 2.43. The van der Waals surface area contributed by atoms with Crippen molar-refractivity contribution in [1.29, 1.82) is 0 Å². The lowest BCUT2D eigenvalue weighted by Gasteiger charge is -2.13. The number of aliphatic hydroxyl groups is 1. The molecule has 0 radical (unpaired) electrons. The van der Waals surface area contributed by atoms with Gasteiger partial charge in [-0.3, -0.25) is 0 Å². The number of aliphatic hydroxyl groups excluding tert-OH is 1. The predicted molar refractivity (Wildman–Crippen MR) is 63.6 cm³/mol. The van der Waals surface area contributed by atoms with Crippen LogP contribution >= 0.6 is 15.9 Å². The second kappa shape index (κ2) is 5.52. The van der Waals surface area contributed by atoms with Crippen LogP contribution in [0, 0.1) is 0 Å². The molecule has 0 saturated carbocycles. The molecule has 1 rings (SSSR count). The lowest BCUT2D eigenvalue weighted by Crippen LogP contribution is -2.01. The standard InChI is InChI=1S/C12H17BrO/c1-3-5-10-6-4-7-11(12(10)13)9(2)8-14/h4,6-7,9,14H,3,5,8H2,1-2H3. The SMILES string of the molecule is CCCc1cccc(C(C)CO)c1Br. The van der Waals surface area contributed by atoms with Crippen molar-refractivity contribution >= 4 is 15.9 Å². The van der Waals surface area contributed by atoms with Gasteiger partial charge in [0.15, 0.2) is 0 Å². The van der Waals surface area contributed by atoms with Gasteiger partial charge in [0.05, 0.1) is 0 Å². The van der Waals surface area contributed by atoms with Gasteiger partial charge in [-0.1, -0.05) is 54.4 Å². The highest BCUT2D eigenvalue weighted by Crippen LogP contribution is 2.28. The molecule has 14 heavy (non-hydrogen) atoms. The summed E-state index contributed by atoms with van der Waals surface area (Å²) in [7, 11) is 0. The number of hydrogen-bond donors (Lipinski definition) is 1. The van der Waals surface area contributed by atoms with Crippen molar-refractivity contribution in [2.75, 3.05) is 6.61 Å². The average Bonchev–Trinajstić information content (AvgIpc) is 2.20. The van der Waals surface area contributed by atoms with Gasteiger partial charge in [0, 0.05) is 17.0 Å². The highest BCUT2D eigenvalue weighted by atomic mass is 79.9. The third-order valence-corrected chi connectivity index (χ3v) is 3.40. The molecule has 0 fully saturated rings. The number of halogens is 1. The van der Waals surface area contributed by atoms with E-state index in [1.54, 1.807) is 0 Å². The molecule has 0 saturated heterocycles. The molecular weight excluding hydrogens is 240 g/mol. The lowest BCUT2D eigenvalue weighted by molar-refractivity contribution is 0.272. The molecule has 1 nitrogen and oxygen atoms in total. The Balaban J connectivity index is 3.00. The summed E-state index contributed by atoms with van der Waals surface area (Å²) in [4.78, 5) is 0. The van der Waals surface area contributed by atoms with E-state index in [-0.39, 0.29) is 12.5 Å². The van der Waals surface area contributed by atoms with Crippen LogP contribution in [0.25, 0.3) is 0 Å². The maximum atomic E-state index is 9.11. The zero-order chi connectivity index (χ0) is 10.6. The lowest BCUT2D eigenvalue weighted by atomic mass is 9.98. The van der Waals surface area contributed by atoms with Crippen LogP contribution in [0.2, 0.25) is 0 Å². The van der Waals surface area contributed by atoms with Crippen LogP contribution in [-0.2, 0) is 6.42 Å². The van der Waals surface area contributed by atoms with Gasteiger partial charge in [0.1, 0.15) is 0 Å². The molecule has 0 heterocycles. The number of hydrogen-bond acceptors (Lipinski definition) is 1. The number of aryl methyl sites for hydroxylation is 1. The molecule has 0 amide bonds. The van der Waals surface area contributed by atoms with E-state index in [1.807, 2.05) is 6.92 Å². The summed E-state index contributed by atoms with van der Waals surface area (Å²) in [6, 6.07) is 6.28. The van der Waals surface area contributed by atoms with Crippen LogP contribution in [0.1, 0.15) is 37.3 Å². The molecule has 78 valence electrons. The molecule has 0 aliphatic rings. The highest BCUT2D eigenvalue weighted by molar-refractivity contribution is 9.10. The first-order chi connectivity index (χ1) is 6.70. The van der Waals surface area contributed by atoms with Crippen LogP contribution in [0.15, 0.2) is 22.7 Å². The fourth-order valence-electron chi connectivity index (χ4n) is 1.54. The fourth-order valence-corrected chi connectivity index (χ4v) is 2.39. The summed E-state index contributed by atoms with van der Waals surface area (Å²) >= 11 is 3.61. The topological polar surface area (TPSA) is 20.2 Å². The first-order valence-corrected chi connectivity index (χ1v) is 5.88. The van der Waals surface area contributed by atoms with Crippen LogP contribution in [0.3, 0.4) is 0 Å². The van der Waals surface area contributed by atoms with E-state index >= 15 is 0 Å².